The van der Waals surface area contributed by atoms with Crippen molar-refractivity contribution >= 4 is 21.9 Å². The van der Waals surface area contributed by atoms with Gasteiger partial charge < -0.3 is 4.57 Å². The van der Waals surface area contributed by atoms with Crippen LogP contribution in [0.4, 0.5) is 5.95 Å². The van der Waals surface area contributed by atoms with Crippen molar-refractivity contribution in [1.82, 2.24) is 9.55 Å². The average Bonchev–Trinajstić information content (AvgIpc) is 2.36. The summed E-state index contributed by atoms with van der Waals surface area (Å²) in [5.41, 5.74) is 1.99. The van der Waals surface area contributed by atoms with Gasteiger partial charge in [0, 0.05) is 24.3 Å². The normalized spacial score (nSPS) is 9.80. The van der Waals surface area contributed by atoms with Gasteiger partial charge in [-0.2, -0.15) is 0 Å². The minimum Gasteiger partial charge on any atom is -0.315 e. The number of nitrogens with one attached hydrogen (secondary N) is 1. The number of aromatic nitrogens is 2. The molecule has 1 rings (SSSR count). The molecule has 1 aromatic heterocycles. The van der Waals surface area contributed by atoms with Crippen LogP contribution in [0.15, 0.2) is 12.4 Å². The van der Waals surface area contributed by atoms with Crippen LogP contribution in [-0.4, -0.2) is 20.1 Å². The maximum Gasteiger partial charge on any atom is 0.227 e. The minimum atomic E-state index is 0.472. The Balaban J connectivity index is 2.70. The molecule has 0 aliphatic heterocycles. The van der Waals surface area contributed by atoms with Gasteiger partial charge >= 0.3 is 0 Å². The Bertz CT molecular complexity index is 201. The van der Waals surface area contributed by atoms with E-state index in [1.54, 1.807) is 17.0 Å². The summed E-state index contributed by atoms with van der Waals surface area (Å²) in [5.74, 6) is 0.472. The Morgan fingerprint density at radius 2 is 2.60 bits per heavy atom. The van der Waals surface area contributed by atoms with Gasteiger partial charge in [-0.1, -0.05) is 15.9 Å². The number of halogens is 1. The first-order valence-corrected chi connectivity index (χ1v) is 3.98. The average molecular weight is 206 g/mol. The topological polar surface area (TPSA) is 50.1 Å². The zero-order valence-electron chi connectivity index (χ0n) is 5.29. The SMILES string of the molecule is ONc1nccn1CCBr. The second kappa shape index (κ2) is 3.58. The summed E-state index contributed by atoms with van der Waals surface area (Å²) in [5, 5.41) is 9.33. The first-order valence-electron chi connectivity index (χ1n) is 2.85. The van der Waals surface area contributed by atoms with E-state index in [2.05, 4.69) is 20.9 Å². The van der Waals surface area contributed by atoms with Gasteiger partial charge in [0.25, 0.3) is 0 Å². The molecule has 4 nitrogen and oxygen atoms in total. The van der Waals surface area contributed by atoms with E-state index in [4.69, 9.17) is 5.21 Å². The van der Waals surface area contributed by atoms with Gasteiger partial charge in [-0.15, -0.1) is 0 Å². The summed E-state index contributed by atoms with van der Waals surface area (Å²) >= 11 is 3.28. The van der Waals surface area contributed by atoms with Crippen LogP contribution in [0.2, 0.25) is 0 Å². The van der Waals surface area contributed by atoms with E-state index in [9.17, 15) is 0 Å². The molecule has 0 saturated carbocycles. The summed E-state index contributed by atoms with van der Waals surface area (Å²) in [4.78, 5) is 3.83. The molecule has 5 heteroatoms. The third-order valence-corrected chi connectivity index (χ3v) is 1.50. The van der Waals surface area contributed by atoms with Crippen LogP contribution < -0.4 is 5.48 Å². The highest BCUT2D eigenvalue weighted by Gasteiger charge is 1.97. The van der Waals surface area contributed by atoms with Crippen LogP contribution >= 0.6 is 15.9 Å². The van der Waals surface area contributed by atoms with Gasteiger partial charge in [0.05, 0.1) is 0 Å². The summed E-state index contributed by atoms with van der Waals surface area (Å²) in [7, 11) is 0. The number of nitrogens with zero attached hydrogens (tertiary/aromatic N) is 2. The predicted molar refractivity (Wildman–Crippen MR) is 41.4 cm³/mol. The maximum atomic E-state index is 8.49. The Labute approximate surface area is 67.0 Å². The molecular weight excluding hydrogens is 198 g/mol. The lowest BCUT2D eigenvalue weighted by Gasteiger charge is -2.01. The van der Waals surface area contributed by atoms with E-state index in [0.29, 0.717) is 5.95 Å². The van der Waals surface area contributed by atoms with Crippen molar-refractivity contribution in [2.24, 2.45) is 0 Å². The van der Waals surface area contributed by atoms with Crippen LogP contribution in [0.1, 0.15) is 0 Å². The molecule has 0 fully saturated rings. The van der Waals surface area contributed by atoms with Gasteiger partial charge in [0.2, 0.25) is 5.95 Å². The lowest BCUT2D eigenvalue weighted by Crippen LogP contribution is -2.03. The first kappa shape index (κ1) is 7.56. The first-order chi connectivity index (χ1) is 4.88. The van der Waals surface area contributed by atoms with Crippen molar-refractivity contribution in [1.29, 1.82) is 0 Å². The fourth-order valence-electron chi connectivity index (χ4n) is 0.694. The second-order valence-electron chi connectivity index (χ2n) is 1.75. The molecule has 56 valence electrons. The molecule has 0 unspecified atom stereocenters. The van der Waals surface area contributed by atoms with Crippen molar-refractivity contribution in [3.8, 4) is 0 Å². The van der Waals surface area contributed by atoms with E-state index in [1.807, 2.05) is 5.48 Å². The van der Waals surface area contributed by atoms with Crippen LogP contribution in [-0.2, 0) is 6.54 Å². The molecule has 0 saturated heterocycles. The van der Waals surface area contributed by atoms with E-state index < -0.39 is 0 Å². The van der Waals surface area contributed by atoms with Crippen molar-refractivity contribution in [3.05, 3.63) is 12.4 Å². The molecule has 0 aliphatic carbocycles. The number of anilines is 1. The minimum absolute atomic E-state index is 0.472. The highest BCUT2D eigenvalue weighted by atomic mass is 79.9. The van der Waals surface area contributed by atoms with E-state index in [1.165, 1.54) is 0 Å². The van der Waals surface area contributed by atoms with Gasteiger partial charge in [-0.05, 0) is 0 Å². The number of aryl methyl sites for hydroxylation is 1. The van der Waals surface area contributed by atoms with Crippen LogP contribution in [0.5, 0.6) is 0 Å². The highest BCUT2D eigenvalue weighted by molar-refractivity contribution is 9.09. The molecule has 0 amide bonds. The van der Waals surface area contributed by atoms with Crippen molar-refractivity contribution in [3.63, 3.8) is 0 Å². The smallest absolute Gasteiger partial charge is 0.227 e. The molecule has 0 atom stereocenters. The fourth-order valence-corrected chi connectivity index (χ4v) is 1.08. The number of imidazole rings is 1. The van der Waals surface area contributed by atoms with Gasteiger partial charge in [0.1, 0.15) is 0 Å². The molecule has 0 spiro atoms. The summed E-state index contributed by atoms with van der Waals surface area (Å²) in [6.45, 7) is 0.795. The Hall–Kier alpha value is -0.550. The number of hydrogen-bond donors (Lipinski definition) is 2. The molecule has 10 heavy (non-hydrogen) atoms. The Morgan fingerprint density at radius 1 is 1.80 bits per heavy atom. The van der Waals surface area contributed by atoms with E-state index in [0.717, 1.165) is 11.9 Å². The number of hydrogen-bond acceptors (Lipinski definition) is 3. The highest BCUT2D eigenvalue weighted by Crippen LogP contribution is 2.02. The Morgan fingerprint density at radius 3 is 3.20 bits per heavy atom. The molecule has 0 radical (unpaired) electrons. The van der Waals surface area contributed by atoms with Crippen LogP contribution in [0.3, 0.4) is 0 Å². The molecule has 0 aliphatic rings. The number of alkyl halides is 1. The van der Waals surface area contributed by atoms with Crippen LogP contribution in [0.25, 0.3) is 0 Å². The molecule has 2 N–H and O–H groups in total. The lowest BCUT2D eigenvalue weighted by atomic mass is 10.7. The second-order valence-corrected chi connectivity index (χ2v) is 2.54. The molecule has 1 heterocycles. The quantitative estimate of drug-likeness (QED) is 0.574. The molecule has 0 bridgehead atoms. The van der Waals surface area contributed by atoms with Crippen LogP contribution in [0, 0.1) is 0 Å². The van der Waals surface area contributed by atoms with Crippen molar-refractivity contribution in [2.45, 2.75) is 6.54 Å². The Kier molecular flexibility index (Phi) is 2.70. The molecule has 1 aromatic rings. The van der Waals surface area contributed by atoms with E-state index in [-0.39, 0.29) is 0 Å². The lowest BCUT2D eigenvalue weighted by molar-refractivity contribution is 0.378. The van der Waals surface area contributed by atoms with Crippen molar-refractivity contribution < 1.29 is 5.21 Å². The standard InChI is InChI=1S/C5H8BrN3O/c6-1-3-9-4-2-7-5(9)8-10/h2,4,10H,1,3H2,(H,7,8). The summed E-state index contributed by atoms with van der Waals surface area (Å²) in [6.07, 6.45) is 3.42. The van der Waals surface area contributed by atoms with Gasteiger partial charge in [0.15, 0.2) is 0 Å². The van der Waals surface area contributed by atoms with E-state index >= 15 is 0 Å². The third-order valence-electron chi connectivity index (χ3n) is 1.14. The van der Waals surface area contributed by atoms with Gasteiger partial charge in [-0.3, -0.25) is 5.21 Å². The molecular formula is C5H8BrN3O. The zero-order valence-corrected chi connectivity index (χ0v) is 6.87. The predicted octanol–water partition coefficient (Wildman–Crippen LogP) is 1.08. The van der Waals surface area contributed by atoms with Crippen molar-refractivity contribution in [2.75, 3.05) is 10.8 Å². The van der Waals surface area contributed by atoms with Gasteiger partial charge in [-0.25, -0.2) is 10.5 Å². The number of rotatable bonds is 3. The summed E-state index contributed by atoms with van der Waals surface area (Å²) in [6, 6.07) is 0. The maximum absolute atomic E-state index is 8.49. The zero-order chi connectivity index (χ0) is 7.40. The fraction of sp³-hybridized carbons (Fsp3) is 0.400. The molecule has 0 aromatic carbocycles. The summed E-state index contributed by atoms with van der Waals surface area (Å²) < 4.78 is 1.80. The monoisotopic (exact) mass is 205 g/mol. The third kappa shape index (κ3) is 1.48. The largest absolute Gasteiger partial charge is 0.315 e.